The first-order chi connectivity index (χ1) is 13.2. The molecule has 1 N–H and O–H groups in total. The van der Waals surface area contributed by atoms with Gasteiger partial charge in [-0.1, -0.05) is 48.0 Å². The molecule has 6 nitrogen and oxygen atoms in total. The highest BCUT2D eigenvalue weighted by Crippen LogP contribution is 2.33. The topological polar surface area (TPSA) is 69.7 Å². The molecule has 1 unspecified atom stereocenters. The second kappa shape index (κ2) is 7.59. The highest BCUT2D eigenvalue weighted by Gasteiger charge is 2.50. The first-order valence-corrected chi connectivity index (χ1v) is 8.97. The van der Waals surface area contributed by atoms with Gasteiger partial charge in [-0.3, -0.25) is 14.5 Å². The predicted molar refractivity (Wildman–Crippen MR) is 102 cm³/mol. The van der Waals surface area contributed by atoms with Crippen LogP contribution < -0.4 is 5.32 Å². The van der Waals surface area contributed by atoms with Crippen LogP contribution in [0.5, 0.6) is 0 Å². The Hall–Kier alpha value is -2.93. The van der Waals surface area contributed by atoms with Gasteiger partial charge in [0.05, 0.1) is 0 Å². The summed E-state index contributed by atoms with van der Waals surface area (Å²) in [5.41, 5.74) is -0.278. The summed E-state index contributed by atoms with van der Waals surface area (Å²) in [6.07, 6.45) is 0. The van der Waals surface area contributed by atoms with E-state index < -0.39 is 29.8 Å². The number of amides is 4. The molecule has 146 valence electrons. The lowest BCUT2D eigenvalue weighted by Crippen LogP contribution is -2.43. The molecular formula is C20H19ClFN3O3. The molecule has 0 radical (unpaired) electrons. The molecular weight excluding hydrogens is 385 g/mol. The first-order valence-electron chi connectivity index (χ1n) is 8.60. The van der Waals surface area contributed by atoms with Crippen LogP contribution in [0, 0.1) is 5.82 Å². The molecule has 1 heterocycles. The highest BCUT2D eigenvalue weighted by atomic mass is 35.5. The van der Waals surface area contributed by atoms with Crippen molar-refractivity contribution >= 4 is 29.4 Å². The molecule has 1 aliphatic heterocycles. The minimum absolute atomic E-state index is 0.0190. The zero-order valence-electron chi connectivity index (χ0n) is 15.4. The smallest absolute Gasteiger partial charge is 0.325 e. The number of carbonyl (C=O) groups is 3. The fraction of sp³-hybridized carbons (Fsp3) is 0.250. The Morgan fingerprint density at radius 1 is 1.21 bits per heavy atom. The highest BCUT2D eigenvalue weighted by molar-refractivity contribution is 6.32. The number of urea groups is 1. The normalized spacial score (nSPS) is 18.9. The Kier molecular flexibility index (Phi) is 5.38. The summed E-state index contributed by atoms with van der Waals surface area (Å²) in [6, 6.07) is 12.2. The molecule has 8 heteroatoms. The van der Waals surface area contributed by atoms with Gasteiger partial charge in [0, 0.05) is 24.2 Å². The molecule has 1 atom stereocenters. The molecule has 2 aromatic carbocycles. The summed E-state index contributed by atoms with van der Waals surface area (Å²) >= 11 is 6.07. The third kappa shape index (κ3) is 3.71. The molecule has 1 aliphatic rings. The summed E-state index contributed by atoms with van der Waals surface area (Å²) < 4.78 is 13.3. The maximum absolute atomic E-state index is 13.3. The van der Waals surface area contributed by atoms with Gasteiger partial charge in [-0.25, -0.2) is 9.18 Å². The average molecular weight is 404 g/mol. The summed E-state index contributed by atoms with van der Waals surface area (Å²) in [5, 5.41) is 2.58. The summed E-state index contributed by atoms with van der Waals surface area (Å²) in [4.78, 5) is 40.1. The third-order valence-corrected chi connectivity index (χ3v) is 5.04. The van der Waals surface area contributed by atoms with Crippen LogP contribution in [0.3, 0.4) is 0 Å². The van der Waals surface area contributed by atoms with Gasteiger partial charge in [0.2, 0.25) is 5.91 Å². The molecule has 0 aliphatic carbocycles. The van der Waals surface area contributed by atoms with Gasteiger partial charge in [-0.2, -0.15) is 0 Å². The Morgan fingerprint density at radius 3 is 2.54 bits per heavy atom. The number of nitrogens with zero attached hydrogens (tertiary/aromatic N) is 2. The maximum Gasteiger partial charge on any atom is 0.325 e. The molecule has 2 aromatic rings. The third-order valence-electron chi connectivity index (χ3n) is 4.73. The van der Waals surface area contributed by atoms with Crippen molar-refractivity contribution in [1.82, 2.24) is 15.1 Å². The molecule has 0 saturated carbocycles. The van der Waals surface area contributed by atoms with E-state index in [9.17, 15) is 18.8 Å². The quantitative estimate of drug-likeness (QED) is 0.780. The van der Waals surface area contributed by atoms with Crippen LogP contribution in [-0.4, -0.2) is 41.2 Å². The minimum Gasteiger partial charge on any atom is -0.340 e. The number of halogens is 2. The summed E-state index contributed by atoms with van der Waals surface area (Å²) in [6.45, 7) is 1.43. The van der Waals surface area contributed by atoms with E-state index >= 15 is 0 Å². The van der Waals surface area contributed by atoms with E-state index in [1.54, 1.807) is 7.05 Å². The van der Waals surface area contributed by atoms with Crippen LogP contribution in [0.1, 0.15) is 18.1 Å². The van der Waals surface area contributed by atoms with Gasteiger partial charge in [0.25, 0.3) is 5.91 Å². The van der Waals surface area contributed by atoms with Crippen molar-refractivity contribution in [3.63, 3.8) is 0 Å². The molecule has 0 spiro atoms. The second-order valence-corrected chi connectivity index (χ2v) is 7.21. The maximum atomic E-state index is 13.3. The van der Waals surface area contributed by atoms with Gasteiger partial charge >= 0.3 is 6.03 Å². The number of hydrogen-bond donors (Lipinski definition) is 1. The van der Waals surface area contributed by atoms with E-state index in [1.807, 2.05) is 30.3 Å². The Morgan fingerprint density at radius 2 is 1.89 bits per heavy atom. The lowest BCUT2D eigenvalue weighted by Gasteiger charge is -2.24. The molecule has 0 aromatic heterocycles. The van der Waals surface area contributed by atoms with Crippen molar-refractivity contribution in [2.75, 3.05) is 13.6 Å². The molecule has 1 fully saturated rings. The number of nitrogens with one attached hydrogen (secondary N) is 1. The van der Waals surface area contributed by atoms with Crippen molar-refractivity contribution in [1.29, 1.82) is 0 Å². The van der Waals surface area contributed by atoms with Gasteiger partial charge in [-0.05, 0) is 24.6 Å². The van der Waals surface area contributed by atoms with E-state index in [2.05, 4.69) is 5.32 Å². The molecule has 28 heavy (non-hydrogen) atoms. The zero-order valence-corrected chi connectivity index (χ0v) is 16.2. The van der Waals surface area contributed by atoms with Crippen molar-refractivity contribution in [2.24, 2.45) is 0 Å². The van der Waals surface area contributed by atoms with Crippen LogP contribution in [-0.2, 0) is 21.7 Å². The van der Waals surface area contributed by atoms with E-state index in [0.717, 1.165) is 22.6 Å². The lowest BCUT2D eigenvalue weighted by atomic mass is 9.92. The van der Waals surface area contributed by atoms with Crippen LogP contribution in [0.4, 0.5) is 9.18 Å². The molecule has 3 rings (SSSR count). The van der Waals surface area contributed by atoms with Gasteiger partial charge < -0.3 is 10.2 Å². The Labute approximate surface area is 166 Å². The number of carbonyl (C=O) groups excluding carboxylic acids is 3. The predicted octanol–water partition coefficient (Wildman–Crippen LogP) is 2.90. The number of imide groups is 1. The van der Waals surface area contributed by atoms with E-state index in [1.165, 1.54) is 17.9 Å². The van der Waals surface area contributed by atoms with E-state index in [4.69, 9.17) is 11.6 Å². The Balaban J connectivity index is 1.75. The van der Waals surface area contributed by atoms with Crippen LogP contribution in [0.25, 0.3) is 0 Å². The van der Waals surface area contributed by atoms with Crippen molar-refractivity contribution < 1.29 is 18.8 Å². The van der Waals surface area contributed by atoms with E-state index in [0.29, 0.717) is 6.54 Å². The molecule has 4 amide bonds. The SMILES string of the molecule is CN(Cc1ccccc1)C(=O)CN1C(=O)NC(C)(c2ccc(F)cc2Cl)C1=O. The van der Waals surface area contributed by atoms with E-state index in [-0.39, 0.29) is 16.5 Å². The van der Waals surface area contributed by atoms with Gasteiger partial charge in [-0.15, -0.1) is 0 Å². The number of hydrogen-bond acceptors (Lipinski definition) is 3. The standard InChI is InChI=1S/C20H19ClFN3O3/c1-20(15-9-8-14(22)10-16(15)21)18(27)25(19(28)23-20)12-17(26)24(2)11-13-6-4-3-5-7-13/h3-10H,11-12H2,1-2H3,(H,23,28). The van der Waals surface area contributed by atoms with Crippen molar-refractivity contribution in [3.8, 4) is 0 Å². The average Bonchev–Trinajstić information content (AvgIpc) is 2.86. The van der Waals surface area contributed by atoms with Gasteiger partial charge in [0.15, 0.2) is 0 Å². The van der Waals surface area contributed by atoms with Gasteiger partial charge in [0.1, 0.15) is 17.9 Å². The van der Waals surface area contributed by atoms with Crippen molar-refractivity contribution in [2.45, 2.75) is 19.0 Å². The summed E-state index contributed by atoms with van der Waals surface area (Å²) in [5.74, 6) is -1.56. The fourth-order valence-electron chi connectivity index (χ4n) is 3.12. The number of likely N-dealkylation sites (N-methyl/N-ethyl adjacent to an activating group) is 1. The molecule has 1 saturated heterocycles. The fourth-order valence-corrected chi connectivity index (χ4v) is 3.48. The Bertz CT molecular complexity index is 938. The zero-order chi connectivity index (χ0) is 20.5. The van der Waals surface area contributed by atoms with Crippen LogP contribution >= 0.6 is 11.6 Å². The number of rotatable bonds is 5. The van der Waals surface area contributed by atoms with Crippen LogP contribution in [0.15, 0.2) is 48.5 Å². The number of benzene rings is 2. The molecule has 0 bridgehead atoms. The largest absolute Gasteiger partial charge is 0.340 e. The van der Waals surface area contributed by atoms with Crippen LogP contribution in [0.2, 0.25) is 5.02 Å². The minimum atomic E-state index is -1.47. The second-order valence-electron chi connectivity index (χ2n) is 6.81. The van der Waals surface area contributed by atoms with Crippen molar-refractivity contribution in [3.05, 3.63) is 70.5 Å². The summed E-state index contributed by atoms with van der Waals surface area (Å²) in [7, 11) is 1.60. The first kappa shape index (κ1) is 19.8. The monoisotopic (exact) mass is 403 g/mol. The lowest BCUT2D eigenvalue weighted by molar-refractivity contribution is -0.138.